The fourth-order valence-corrected chi connectivity index (χ4v) is 2.48. The highest BCUT2D eigenvalue weighted by Gasteiger charge is 2.16. The van der Waals surface area contributed by atoms with Crippen LogP contribution in [0.1, 0.15) is 18.2 Å². The lowest BCUT2D eigenvalue weighted by Gasteiger charge is -2.12. The fraction of sp³-hybridized carbons (Fsp3) is 0.429. The van der Waals surface area contributed by atoms with Gasteiger partial charge in [0.15, 0.2) is 0 Å². The third-order valence-electron chi connectivity index (χ3n) is 3.42. The number of aromatic nitrogens is 1. The Hall–Kier alpha value is -1.52. The van der Waals surface area contributed by atoms with Crippen molar-refractivity contribution in [2.75, 3.05) is 26.9 Å². The number of rotatable bonds is 2. The van der Waals surface area contributed by atoms with Crippen molar-refractivity contribution in [3.8, 4) is 5.75 Å². The number of fused-ring (bicyclic) bond motifs is 1. The van der Waals surface area contributed by atoms with Crippen molar-refractivity contribution in [2.24, 2.45) is 0 Å². The predicted molar refractivity (Wildman–Crippen MR) is 71.0 cm³/mol. The highest BCUT2D eigenvalue weighted by molar-refractivity contribution is 5.86. The molecule has 0 radical (unpaired) electrons. The predicted octanol–water partition coefficient (Wildman–Crippen LogP) is 2.23. The number of aromatic amines is 1. The van der Waals surface area contributed by atoms with E-state index in [0.29, 0.717) is 6.04 Å². The van der Waals surface area contributed by atoms with Crippen LogP contribution in [0.15, 0.2) is 24.3 Å². The quantitative estimate of drug-likeness (QED) is 0.854. The second-order valence-corrected chi connectivity index (χ2v) is 4.56. The van der Waals surface area contributed by atoms with E-state index in [-0.39, 0.29) is 0 Å². The van der Waals surface area contributed by atoms with Gasteiger partial charge in [-0.1, -0.05) is 12.1 Å². The maximum Gasteiger partial charge on any atom is 0.142 e. The van der Waals surface area contributed by atoms with Crippen LogP contribution < -0.4 is 10.1 Å². The van der Waals surface area contributed by atoms with E-state index < -0.39 is 0 Å². The minimum absolute atomic E-state index is 0.338. The van der Waals surface area contributed by atoms with Gasteiger partial charge in [0.25, 0.3) is 0 Å². The highest BCUT2D eigenvalue weighted by Crippen LogP contribution is 2.28. The summed E-state index contributed by atoms with van der Waals surface area (Å²) in [5.41, 5.74) is 2.28. The summed E-state index contributed by atoms with van der Waals surface area (Å²) in [7, 11) is 1.70. The Bertz CT molecular complexity index is 528. The summed E-state index contributed by atoms with van der Waals surface area (Å²) in [5.74, 6) is 0.892. The first-order valence-corrected chi connectivity index (χ1v) is 6.35. The van der Waals surface area contributed by atoms with Gasteiger partial charge in [0, 0.05) is 30.3 Å². The number of ether oxygens (including phenoxy) is 2. The van der Waals surface area contributed by atoms with Crippen LogP contribution in [-0.4, -0.2) is 31.9 Å². The molecule has 4 heteroatoms. The first kappa shape index (κ1) is 11.6. The molecule has 1 aliphatic rings. The van der Waals surface area contributed by atoms with Gasteiger partial charge in [-0.2, -0.15) is 0 Å². The van der Waals surface area contributed by atoms with Crippen molar-refractivity contribution >= 4 is 10.9 Å². The molecule has 0 spiro atoms. The Balaban J connectivity index is 1.96. The van der Waals surface area contributed by atoms with E-state index >= 15 is 0 Å². The van der Waals surface area contributed by atoms with Crippen LogP contribution in [0, 0.1) is 0 Å². The molecular weight excluding hydrogens is 228 g/mol. The number of benzene rings is 1. The van der Waals surface area contributed by atoms with E-state index in [2.05, 4.69) is 22.4 Å². The monoisotopic (exact) mass is 246 g/mol. The third-order valence-corrected chi connectivity index (χ3v) is 3.42. The molecule has 3 rings (SSSR count). The van der Waals surface area contributed by atoms with Crippen molar-refractivity contribution in [3.05, 3.63) is 30.0 Å². The Labute approximate surface area is 106 Å². The molecule has 2 aromatic rings. The molecule has 2 N–H and O–H groups in total. The van der Waals surface area contributed by atoms with Crippen molar-refractivity contribution in [3.63, 3.8) is 0 Å². The Morgan fingerprint density at radius 3 is 3.17 bits per heavy atom. The van der Waals surface area contributed by atoms with Crippen LogP contribution in [0.3, 0.4) is 0 Å². The van der Waals surface area contributed by atoms with Crippen LogP contribution in [0.25, 0.3) is 10.9 Å². The average molecular weight is 246 g/mol. The molecule has 1 aromatic heterocycles. The van der Waals surface area contributed by atoms with Crippen LogP contribution in [-0.2, 0) is 4.74 Å². The van der Waals surface area contributed by atoms with Gasteiger partial charge in [-0.3, -0.25) is 0 Å². The number of H-pyrrole nitrogens is 1. The number of para-hydroxylation sites is 1. The first-order valence-electron chi connectivity index (χ1n) is 6.35. The molecule has 2 heterocycles. The zero-order valence-corrected chi connectivity index (χ0v) is 10.5. The largest absolute Gasteiger partial charge is 0.495 e. The molecule has 1 aromatic carbocycles. The number of hydrogen-bond acceptors (Lipinski definition) is 3. The van der Waals surface area contributed by atoms with Gasteiger partial charge < -0.3 is 19.8 Å². The number of methoxy groups -OCH3 is 1. The molecule has 1 saturated heterocycles. The minimum Gasteiger partial charge on any atom is -0.495 e. The molecule has 18 heavy (non-hydrogen) atoms. The zero-order chi connectivity index (χ0) is 12.4. The maximum atomic E-state index is 5.46. The zero-order valence-electron chi connectivity index (χ0n) is 10.5. The smallest absolute Gasteiger partial charge is 0.142 e. The lowest BCUT2D eigenvalue weighted by atomic mass is 10.1. The standard InChI is InChI=1S/C14H18N2O2/c1-17-13-4-2-3-10-9-12(16-14(10)13)11-5-7-18-8-6-15-11/h2-4,9,11,15-16H,5-8H2,1H3. The topological polar surface area (TPSA) is 46.3 Å². The Kier molecular flexibility index (Phi) is 3.21. The summed E-state index contributed by atoms with van der Waals surface area (Å²) in [4.78, 5) is 3.47. The number of hydrogen-bond donors (Lipinski definition) is 2. The summed E-state index contributed by atoms with van der Waals surface area (Å²) in [6, 6.07) is 8.63. The van der Waals surface area contributed by atoms with Crippen LogP contribution >= 0.6 is 0 Å². The van der Waals surface area contributed by atoms with Crippen molar-refractivity contribution in [2.45, 2.75) is 12.5 Å². The summed E-state index contributed by atoms with van der Waals surface area (Å²) in [6.07, 6.45) is 0.995. The average Bonchev–Trinajstić information content (AvgIpc) is 2.65. The number of nitrogens with one attached hydrogen (secondary N) is 2. The third kappa shape index (κ3) is 2.09. The molecule has 0 saturated carbocycles. The molecule has 1 fully saturated rings. The second kappa shape index (κ2) is 5.00. The molecule has 1 unspecified atom stereocenters. The van der Waals surface area contributed by atoms with Crippen molar-refractivity contribution < 1.29 is 9.47 Å². The fourth-order valence-electron chi connectivity index (χ4n) is 2.48. The summed E-state index contributed by atoms with van der Waals surface area (Å²) >= 11 is 0. The molecular formula is C14H18N2O2. The summed E-state index contributed by atoms with van der Waals surface area (Å²) < 4.78 is 10.8. The van der Waals surface area contributed by atoms with Crippen LogP contribution in [0.4, 0.5) is 0 Å². The van der Waals surface area contributed by atoms with Crippen LogP contribution in [0.2, 0.25) is 0 Å². The van der Waals surface area contributed by atoms with Gasteiger partial charge in [-0.25, -0.2) is 0 Å². The van der Waals surface area contributed by atoms with E-state index in [0.717, 1.165) is 37.4 Å². The Morgan fingerprint density at radius 1 is 1.33 bits per heavy atom. The SMILES string of the molecule is COc1cccc2cc(C3CCOCCN3)[nH]c12. The van der Waals surface area contributed by atoms with Gasteiger partial charge in [-0.15, -0.1) is 0 Å². The van der Waals surface area contributed by atoms with Crippen LogP contribution in [0.5, 0.6) is 5.75 Å². The molecule has 4 nitrogen and oxygen atoms in total. The minimum atomic E-state index is 0.338. The summed E-state index contributed by atoms with van der Waals surface area (Å²) in [6.45, 7) is 2.50. The summed E-state index contributed by atoms with van der Waals surface area (Å²) in [5, 5.41) is 4.69. The molecule has 1 aliphatic heterocycles. The van der Waals surface area contributed by atoms with Crippen molar-refractivity contribution in [1.82, 2.24) is 10.3 Å². The van der Waals surface area contributed by atoms with Gasteiger partial charge in [0.05, 0.1) is 19.2 Å². The lowest BCUT2D eigenvalue weighted by Crippen LogP contribution is -2.22. The van der Waals surface area contributed by atoms with E-state index in [1.54, 1.807) is 7.11 Å². The normalized spacial score (nSPS) is 20.8. The van der Waals surface area contributed by atoms with Gasteiger partial charge in [0.2, 0.25) is 0 Å². The van der Waals surface area contributed by atoms with E-state index in [1.807, 2.05) is 12.1 Å². The van der Waals surface area contributed by atoms with Gasteiger partial charge >= 0.3 is 0 Å². The molecule has 1 atom stereocenters. The maximum absolute atomic E-state index is 5.46. The highest BCUT2D eigenvalue weighted by atomic mass is 16.5. The van der Waals surface area contributed by atoms with Gasteiger partial charge in [-0.05, 0) is 18.6 Å². The van der Waals surface area contributed by atoms with Crippen molar-refractivity contribution in [1.29, 1.82) is 0 Å². The molecule has 0 aliphatic carbocycles. The van der Waals surface area contributed by atoms with E-state index in [1.165, 1.54) is 11.1 Å². The van der Waals surface area contributed by atoms with Gasteiger partial charge in [0.1, 0.15) is 5.75 Å². The van der Waals surface area contributed by atoms with E-state index in [9.17, 15) is 0 Å². The second-order valence-electron chi connectivity index (χ2n) is 4.56. The molecule has 0 amide bonds. The van der Waals surface area contributed by atoms with E-state index in [4.69, 9.17) is 9.47 Å². The molecule has 96 valence electrons. The molecule has 0 bridgehead atoms. The first-order chi connectivity index (χ1) is 8.88. The Morgan fingerprint density at radius 2 is 2.28 bits per heavy atom. The lowest BCUT2D eigenvalue weighted by molar-refractivity contribution is 0.150.